The molecule has 2 heterocycles. The minimum atomic E-state index is -0.251. The Hall–Kier alpha value is -0.650. The highest BCUT2D eigenvalue weighted by molar-refractivity contribution is 5.80. The lowest BCUT2D eigenvalue weighted by Gasteiger charge is -2.44. The standard InChI is InChI=1S/C12H24N4O/c1-14-11(12(13)17)9-15-6-7-16-5-3-2-4-10(16)8-15/h10-11,14H,2-9H2,1H3,(H2,13,17). The largest absolute Gasteiger partial charge is 0.368 e. The molecule has 0 radical (unpaired) electrons. The van der Waals surface area contributed by atoms with Gasteiger partial charge in [-0.3, -0.25) is 14.6 Å². The fourth-order valence-corrected chi connectivity index (χ4v) is 2.97. The van der Waals surface area contributed by atoms with E-state index < -0.39 is 0 Å². The molecule has 98 valence electrons. The van der Waals surface area contributed by atoms with Crippen LogP contribution in [0.25, 0.3) is 0 Å². The van der Waals surface area contributed by atoms with Gasteiger partial charge in [0.15, 0.2) is 0 Å². The molecule has 0 aromatic carbocycles. The van der Waals surface area contributed by atoms with Crippen LogP contribution in [-0.4, -0.2) is 67.6 Å². The minimum Gasteiger partial charge on any atom is -0.368 e. The lowest BCUT2D eigenvalue weighted by Crippen LogP contribution is -2.58. The van der Waals surface area contributed by atoms with E-state index >= 15 is 0 Å². The molecule has 3 N–H and O–H groups in total. The third kappa shape index (κ3) is 3.18. The SMILES string of the molecule is CNC(CN1CCN2CCCCC2C1)C(N)=O. The number of carbonyl (C=O) groups is 1. The monoisotopic (exact) mass is 240 g/mol. The third-order valence-electron chi connectivity index (χ3n) is 4.05. The molecule has 0 aromatic rings. The number of piperidine rings is 1. The summed E-state index contributed by atoms with van der Waals surface area (Å²) in [6.07, 6.45) is 3.99. The second-order valence-electron chi connectivity index (χ2n) is 5.19. The van der Waals surface area contributed by atoms with Crippen molar-refractivity contribution in [3.05, 3.63) is 0 Å². The number of piperazine rings is 1. The summed E-state index contributed by atoms with van der Waals surface area (Å²) in [5.41, 5.74) is 5.36. The van der Waals surface area contributed by atoms with Crippen LogP contribution in [0.15, 0.2) is 0 Å². The summed E-state index contributed by atoms with van der Waals surface area (Å²) in [7, 11) is 1.80. The molecule has 0 aromatic heterocycles. The van der Waals surface area contributed by atoms with Gasteiger partial charge >= 0.3 is 0 Å². The van der Waals surface area contributed by atoms with E-state index in [4.69, 9.17) is 5.73 Å². The molecule has 0 aliphatic carbocycles. The summed E-state index contributed by atoms with van der Waals surface area (Å²) in [5.74, 6) is -0.251. The van der Waals surface area contributed by atoms with Crippen LogP contribution in [0.3, 0.4) is 0 Å². The lowest BCUT2D eigenvalue weighted by molar-refractivity contribution is -0.120. The van der Waals surface area contributed by atoms with E-state index in [1.54, 1.807) is 7.05 Å². The highest BCUT2D eigenvalue weighted by Crippen LogP contribution is 2.20. The van der Waals surface area contributed by atoms with Crippen molar-refractivity contribution in [3.63, 3.8) is 0 Å². The molecule has 0 spiro atoms. The van der Waals surface area contributed by atoms with Crippen molar-refractivity contribution < 1.29 is 4.79 Å². The molecule has 5 heteroatoms. The van der Waals surface area contributed by atoms with Crippen molar-refractivity contribution in [1.82, 2.24) is 15.1 Å². The van der Waals surface area contributed by atoms with Gasteiger partial charge in [0.1, 0.15) is 0 Å². The summed E-state index contributed by atoms with van der Waals surface area (Å²) < 4.78 is 0. The number of hydrogen-bond donors (Lipinski definition) is 2. The number of nitrogens with zero attached hydrogens (tertiary/aromatic N) is 2. The second kappa shape index (κ2) is 5.80. The van der Waals surface area contributed by atoms with Gasteiger partial charge in [-0.05, 0) is 26.4 Å². The number of likely N-dealkylation sites (N-methyl/N-ethyl adjacent to an activating group) is 1. The fourth-order valence-electron chi connectivity index (χ4n) is 2.97. The van der Waals surface area contributed by atoms with Crippen LogP contribution in [0.4, 0.5) is 0 Å². The molecule has 2 saturated heterocycles. The molecule has 2 aliphatic rings. The van der Waals surface area contributed by atoms with Crippen LogP contribution >= 0.6 is 0 Å². The number of rotatable bonds is 4. The maximum absolute atomic E-state index is 11.2. The highest BCUT2D eigenvalue weighted by atomic mass is 16.1. The van der Waals surface area contributed by atoms with Gasteiger partial charge in [-0.15, -0.1) is 0 Å². The molecule has 1 amide bonds. The summed E-state index contributed by atoms with van der Waals surface area (Å²) in [5, 5.41) is 2.99. The maximum atomic E-state index is 11.2. The topological polar surface area (TPSA) is 61.6 Å². The second-order valence-corrected chi connectivity index (χ2v) is 5.19. The van der Waals surface area contributed by atoms with Gasteiger partial charge in [-0.1, -0.05) is 6.42 Å². The average Bonchev–Trinajstić information content (AvgIpc) is 2.35. The van der Waals surface area contributed by atoms with Crippen molar-refractivity contribution in [2.45, 2.75) is 31.3 Å². The number of nitrogens with two attached hydrogens (primary N) is 1. The zero-order chi connectivity index (χ0) is 12.3. The Kier molecular flexibility index (Phi) is 4.36. The molecular weight excluding hydrogens is 216 g/mol. The Morgan fingerprint density at radius 2 is 2.24 bits per heavy atom. The molecule has 17 heavy (non-hydrogen) atoms. The van der Waals surface area contributed by atoms with Crippen molar-refractivity contribution >= 4 is 5.91 Å². The Morgan fingerprint density at radius 3 is 2.94 bits per heavy atom. The molecule has 5 nitrogen and oxygen atoms in total. The summed E-state index contributed by atoms with van der Waals surface area (Å²) in [6, 6.07) is 0.480. The van der Waals surface area contributed by atoms with Crippen molar-refractivity contribution in [3.8, 4) is 0 Å². The van der Waals surface area contributed by atoms with Crippen LogP contribution in [0.5, 0.6) is 0 Å². The summed E-state index contributed by atoms with van der Waals surface area (Å²) in [4.78, 5) is 16.2. The van der Waals surface area contributed by atoms with E-state index in [2.05, 4.69) is 15.1 Å². The molecular formula is C12H24N4O. The summed E-state index contributed by atoms with van der Waals surface area (Å²) in [6.45, 7) is 5.28. The van der Waals surface area contributed by atoms with Gasteiger partial charge in [0.05, 0.1) is 6.04 Å². The first kappa shape index (κ1) is 12.8. The fraction of sp³-hybridized carbons (Fsp3) is 0.917. The van der Waals surface area contributed by atoms with E-state index in [0.29, 0.717) is 6.04 Å². The zero-order valence-electron chi connectivity index (χ0n) is 10.7. The van der Waals surface area contributed by atoms with Gasteiger partial charge in [-0.2, -0.15) is 0 Å². The molecule has 2 unspecified atom stereocenters. The first-order chi connectivity index (χ1) is 8.20. The smallest absolute Gasteiger partial charge is 0.235 e. The molecule has 2 rings (SSSR count). The average molecular weight is 240 g/mol. The first-order valence-electron chi connectivity index (χ1n) is 6.63. The van der Waals surface area contributed by atoms with Crippen molar-refractivity contribution in [1.29, 1.82) is 0 Å². The van der Waals surface area contributed by atoms with Crippen LogP contribution in [0, 0.1) is 0 Å². The maximum Gasteiger partial charge on any atom is 0.235 e. The number of hydrogen-bond acceptors (Lipinski definition) is 4. The first-order valence-corrected chi connectivity index (χ1v) is 6.63. The molecule has 2 aliphatic heterocycles. The predicted molar refractivity (Wildman–Crippen MR) is 67.7 cm³/mol. The van der Waals surface area contributed by atoms with Crippen LogP contribution in [0.2, 0.25) is 0 Å². The van der Waals surface area contributed by atoms with Crippen LogP contribution < -0.4 is 11.1 Å². The Labute approximate surface area is 103 Å². The number of amides is 1. The van der Waals surface area contributed by atoms with Crippen molar-refractivity contribution in [2.24, 2.45) is 5.73 Å². The van der Waals surface area contributed by atoms with Crippen LogP contribution in [-0.2, 0) is 4.79 Å². The van der Waals surface area contributed by atoms with Crippen LogP contribution in [0.1, 0.15) is 19.3 Å². The molecule has 2 fully saturated rings. The number of primary amides is 1. The lowest BCUT2D eigenvalue weighted by atomic mass is 9.99. The van der Waals surface area contributed by atoms with Gasteiger partial charge in [0.2, 0.25) is 5.91 Å². The van der Waals surface area contributed by atoms with E-state index in [0.717, 1.165) is 26.2 Å². The quantitative estimate of drug-likeness (QED) is 0.677. The molecule has 2 atom stereocenters. The van der Waals surface area contributed by atoms with E-state index in [-0.39, 0.29) is 11.9 Å². The Bertz CT molecular complexity index is 271. The number of fused-ring (bicyclic) bond motifs is 1. The number of nitrogens with one attached hydrogen (secondary N) is 1. The van der Waals surface area contributed by atoms with Gasteiger partial charge < -0.3 is 11.1 Å². The summed E-state index contributed by atoms with van der Waals surface area (Å²) >= 11 is 0. The minimum absolute atomic E-state index is 0.217. The Balaban J connectivity index is 1.84. The normalized spacial score (nSPS) is 28.6. The van der Waals surface area contributed by atoms with Gasteiger partial charge in [0.25, 0.3) is 0 Å². The molecule has 0 bridgehead atoms. The van der Waals surface area contributed by atoms with E-state index in [1.165, 1.54) is 25.8 Å². The highest BCUT2D eigenvalue weighted by Gasteiger charge is 2.30. The number of carbonyl (C=O) groups excluding carboxylic acids is 1. The van der Waals surface area contributed by atoms with E-state index in [1.807, 2.05) is 0 Å². The third-order valence-corrected chi connectivity index (χ3v) is 4.05. The van der Waals surface area contributed by atoms with Gasteiger partial charge in [0, 0.05) is 32.2 Å². The zero-order valence-corrected chi connectivity index (χ0v) is 10.7. The van der Waals surface area contributed by atoms with Crippen molar-refractivity contribution in [2.75, 3.05) is 39.8 Å². The molecule has 0 saturated carbocycles. The predicted octanol–water partition coefficient (Wildman–Crippen LogP) is -0.770. The van der Waals surface area contributed by atoms with E-state index in [9.17, 15) is 4.79 Å². The van der Waals surface area contributed by atoms with Gasteiger partial charge in [-0.25, -0.2) is 0 Å². The Morgan fingerprint density at radius 1 is 1.41 bits per heavy atom.